The second kappa shape index (κ2) is 6.61. The SMILES string of the molecule is CCn1c(=NC(=O)[C@@H]2COc3ccccc3O2)sc2c(C)ccc(C)c21. The molecule has 0 saturated carbocycles. The quantitative estimate of drug-likeness (QED) is 0.694. The van der Waals surface area contributed by atoms with Gasteiger partial charge in [0.25, 0.3) is 5.91 Å². The summed E-state index contributed by atoms with van der Waals surface area (Å²) in [4.78, 5) is 17.8. The van der Waals surface area contributed by atoms with Gasteiger partial charge in [-0.05, 0) is 44.0 Å². The van der Waals surface area contributed by atoms with Crippen molar-refractivity contribution in [1.29, 1.82) is 0 Å². The summed E-state index contributed by atoms with van der Waals surface area (Å²) in [5, 5.41) is 0. The van der Waals surface area contributed by atoms with Gasteiger partial charge < -0.3 is 14.0 Å². The molecule has 0 spiro atoms. The van der Waals surface area contributed by atoms with Gasteiger partial charge in [0.2, 0.25) is 6.10 Å². The smallest absolute Gasteiger partial charge is 0.292 e. The summed E-state index contributed by atoms with van der Waals surface area (Å²) in [6, 6.07) is 11.6. The van der Waals surface area contributed by atoms with Crippen LogP contribution in [0.15, 0.2) is 41.4 Å². The molecule has 26 heavy (non-hydrogen) atoms. The van der Waals surface area contributed by atoms with Crippen LogP contribution in [0.3, 0.4) is 0 Å². The third-order valence-corrected chi connectivity index (χ3v) is 5.74. The molecule has 3 aromatic rings. The minimum absolute atomic E-state index is 0.175. The van der Waals surface area contributed by atoms with Gasteiger partial charge in [-0.15, -0.1) is 0 Å². The van der Waals surface area contributed by atoms with Crippen LogP contribution >= 0.6 is 11.3 Å². The maximum Gasteiger partial charge on any atom is 0.292 e. The number of carbonyl (C=O) groups is 1. The molecule has 1 aliphatic heterocycles. The van der Waals surface area contributed by atoms with Crippen molar-refractivity contribution in [3.05, 3.63) is 52.3 Å². The van der Waals surface area contributed by atoms with Gasteiger partial charge in [0, 0.05) is 6.54 Å². The fraction of sp³-hybridized carbons (Fsp3) is 0.300. The summed E-state index contributed by atoms with van der Waals surface area (Å²) >= 11 is 1.55. The van der Waals surface area contributed by atoms with E-state index in [0.29, 0.717) is 16.3 Å². The molecule has 5 nitrogen and oxygen atoms in total. The molecule has 1 amide bonds. The van der Waals surface area contributed by atoms with Crippen molar-refractivity contribution in [2.24, 2.45) is 4.99 Å². The Labute approximate surface area is 155 Å². The first kappa shape index (κ1) is 16.8. The summed E-state index contributed by atoms with van der Waals surface area (Å²) in [5.74, 6) is 0.926. The van der Waals surface area contributed by atoms with Crippen LogP contribution in [-0.4, -0.2) is 23.2 Å². The summed E-state index contributed by atoms with van der Waals surface area (Å²) in [6.07, 6.45) is -0.720. The van der Waals surface area contributed by atoms with Gasteiger partial charge in [-0.25, -0.2) is 0 Å². The standard InChI is InChI=1S/C20H20N2O3S/c1-4-22-17-12(2)9-10-13(3)18(17)26-20(22)21-19(23)16-11-24-14-7-5-6-8-15(14)25-16/h5-10,16H,4,11H2,1-3H3/t16-/m0/s1. The number of aryl methyl sites for hydroxylation is 3. The van der Waals surface area contributed by atoms with E-state index in [1.54, 1.807) is 17.4 Å². The van der Waals surface area contributed by atoms with Crippen LogP contribution in [0, 0.1) is 13.8 Å². The number of carbonyl (C=O) groups excluding carboxylic acids is 1. The largest absolute Gasteiger partial charge is 0.485 e. The lowest BCUT2D eigenvalue weighted by Gasteiger charge is -2.23. The Morgan fingerprint density at radius 2 is 1.92 bits per heavy atom. The van der Waals surface area contributed by atoms with Gasteiger partial charge in [-0.3, -0.25) is 4.79 Å². The number of thiazole rings is 1. The number of para-hydroxylation sites is 2. The number of benzene rings is 2. The van der Waals surface area contributed by atoms with E-state index in [1.165, 1.54) is 15.8 Å². The van der Waals surface area contributed by atoms with E-state index in [-0.39, 0.29) is 12.5 Å². The highest BCUT2D eigenvalue weighted by Gasteiger charge is 2.27. The monoisotopic (exact) mass is 368 g/mol. The zero-order valence-corrected chi connectivity index (χ0v) is 15.8. The van der Waals surface area contributed by atoms with E-state index in [2.05, 4.69) is 42.5 Å². The average molecular weight is 368 g/mol. The van der Waals surface area contributed by atoms with E-state index in [9.17, 15) is 4.79 Å². The first-order chi connectivity index (χ1) is 12.6. The molecule has 1 atom stereocenters. The number of aromatic nitrogens is 1. The fourth-order valence-electron chi connectivity index (χ4n) is 3.16. The van der Waals surface area contributed by atoms with E-state index in [0.717, 1.165) is 12.1 Å². The van der Waals surface area contributed by atoms with Crippen LogP contribution in [0.4, 0.5) is 0 Å². The number of hydrogen-bond donors (Lipinski definition) is 0. The molecule has 0 aliphatic carbocycles. The number of amides is 1. The summed E-state index contributed by atoms with van der Waals surface area (Å²) in [7, 11) is 0. The second-order valence-corrected chi connectivity index (χ2v) is 7.30. The third kappa shape index (κ3) is 2.80. The Balaban J connectivity index is 1.74. The first-order valence-electron chi connectivity index (χ1n) is 8.65. The molecule has 6 heteroatoms. The van der Waals surface area contributed by atoms with Crippen LogP contribution in [0.1, 0.15) is 18.1 Å². The molecule has 2 aromatic carbocycles. The van der Waals surface area contributed by atoms with Crippen molar-refractivity contribution < 1.29 is 14.3 Å². The Kier molecular flexibility index (Phi) is 4.28. The third-order valence-electron chi connectivity index (χ3n) is 4.53. The zero-order valence-electron chi connectivity index (χ0n) is 15.0. The Bertz CT molecular complexity index is 1060. The molecule has 0 unspecified atom stereocenters. The van der Waals surface area contributed by atoms with E-state index >= 15 is 0 Å². The van der Waals surface area contributed by atoms with E-state index in [4.69, 9.17) is 9.47 Å². The molecule has 0 fully saturated rings. The molecule has 0 saturated heterocycles. The lowest BCUT2D eigenvalue weighted by molar-refractivity contribution is -0.127. The van der Waals surface area contributed by atoms with Crippen molar-refractivity contribution in [3.63, 3.8) is 0 Å². The normalized spacial score (nSPS) is 16.9. The Morgan fingerprint density at radius 1 is 1.19 bits per heavy atom. The lowest BCUT2D eigenvalue weighted by atomic mass is 10.1. The molecule has 0 radical (unpaired) electrons. The van der Waals surface area contributed by atoms with Crippen LogP contribution in [0.5, 0.6) is 11.5 Å². The minimum atomic E-state index is -0.720. The predicted molar refractivity (Wildman–Crippen MR) is 102 cm³/mol. The van der Waals surface area contributed by atoms with E-state index in [1.807, 2.05) is 18.2 Å². The molecule has 134 valence electrons. The summed E-state index contributed by atoms with van der Waals surface area (Å²) in [6.45, 7) is 7.16. The van der Waals surface area contributed by atoms with Crippen LogP contribution in [0.25, 0.3) is 10.2 Å². The Morgan fingerprint density at radius 3 is 2.69 bits per heavy atom. The van der Waals surface area contributed by atoms with Crippen LogP contribution in [0.2, 0.25) is 0 Å². The van der Waals surface area contributed by atoms with Gasteiger partial charge in [0.05, 0.1) is 10.2 Å². The van der Waals surface area contributed by atoms with Gasteiger partial charge >= 0.3 is 0 Å². The highest BCUT2D eigenvalue weighted by Crippen LogP contribution is 2.31. The molecule has 4 rings (SSSR count). The minimum Gasteiger partial charge on any atom is -0.485 e. The highest BCUT2D eigenvalue weighted by molar-refractivity contribution is 7.16. The van der Waals surface area contributed by atoms with Gasteiger partial charge in [-0.1, -0.05) is 35.6 Å². The molecule has 1 aliphatic rings. The summed E-state index contributed by atoms with van der Waals surface area (Å²) < 4.78 is 14.7. The number of nitrogens with zero attached hydrogens (tertiary/aromatic N) is 2. The van der Waals surface area contributed by atoms with Crippen molar-refractivity contribution in [2.45, 2.75) is 33.4 Å². The van der Waals surface area contributed by atoms with Crippen molar-refractivity contribution in [1.82, 2.24) is 4.57 Å². The molecule has 1 aromatic heterocycles. The molecule has 0 bridgehead atoms. The topological polar surface area (TPSA) is 52.8 Å². The van der Waals surface area contributed by atoms with Gasteiger partial charge in [0.15, 0.2) is 16.3 Å². The molecule has 0 N–H and O–H groups in total. The van der Waals surface area contributed by atoms with E-state index < -0.39 is 6.10 Å². The maximum atomic E-state index is 12.7. The van der Waals surface area contributed by atoms with Gasteiger partial charge in [-0.2, -0.15) is 4.99 Å². The van der Waals surface area contributed by atoms with Crippen molar-refractivity contribution >= 4 is 27.5 Å². The van der Waals surface area contributed by atoms with Gasteiger partial charge in [0.1, 0.15) is 6.61 Å². The zero-order chi connectivity index (χ0) is 18.3. The average Bonchev–Trinajstić information content (AvgIpc) is 3.03. The van der Waals surface area contributed by atoms with Crippen LogP contribution in [-0.2, 0) is 11.3 Å². The number of ether oxygens (including phenoxy) is 2. The molecule has 2 heterocycles. The number of fused-ring (bicyclic) bond motifs is 2. The first-order valence-corrected chi connectivity index (χ1v) is 9.46. The van der Waals surface area contributed by atoms with Crippen LogP contribution < -0.4 is 14.3 Å². The number of hydrogen-bond acceptors (Lipinski definition) is 4. The second-order valence-electron chi connectivity index (χ2n) is 6.32. The Hall–Kier alpha value is -2.60. The fourth-order valence-corrected chi connectivity index (χ4v) is 4.41. The van der Waals surface area contributed by atoms with Crippen molar-refractivity contribution in [3.8, 4) is 11.5 Å². The lowest BCUT2D eigenvalue weighted by Crippen LogP contribution is -2.36. The molecular formula is C20H20N2O3S. The predicted octanol–water partition coefficient (Wildman–Crippen LogP) is 3.61. The molecular weight excluding hydrogens is 348 g/mol. The summed E-state index contributed by atoms with van der Waals surface area (Å²) in [5.41, 5.74) is 3.52. The number of rotatable bonds is 2. The van der Waals surface area contributed by atoms with Crippen molar-refractivity contribution in [2.75, 3.05) is 6.61 Å². The highest BCUT2D eigenvalue weighted by atomic mass is 32.1. The maximum absolute atomic E-state index is 12.7.